The summed E-state index contributed by atoms with van der Waals surface area (Å²) in [6, 6.07) is 7.51. The summed E-state index contributed by atoms with van der Waals surface area (Å²) >= 11 is 0. The Hall–Kier alpha value is -2.04. The molecular weight excluding hydrogens is 282 g/mol. The van der Waals surface area contributed by atoms with Crippen LogP contribution in [0.25, 0.3) is 0 Å². The fourth-order valence-electron chi connectivity index (χ4n) is 2.45. The van der Waals surface area contributed by atoms with Crippen LogP contribution in [-0.2, 0) is 16.1 Å². The second-order valence-corrected chi connectivity index (χ2v) is 6.09. The number of carboxylic acids is 1. The number of rotatable bonds is 8. The van der Waals surface area contributed by atoms with Crippen molar-refractivity contribution in [2.45, 2.75) is 45.6 Å². The maximum atomic E-state index is 12.0. The molecule has 5 heteroatoms. The van der Waals surface area contributed by atoms with Crippen LogP contribution < -0.4 is 10.1 Å². The summed E-state index contributed by atoms with van der Waals surface area (Å²) in [7, 11) is 0. The third-order valence-electron chi connectivity index (χ3n) is 4.19. The SMILES string of the molecule is CC1(C(=O)NCc2ccc(OCCCC(=O)O)cc2)CCC1. The zero-order valence-corrected chi connectivity index (χ0v) is 12.9. The van der Waals surface area contributed by atoms with Crippen molar-refractivity contribution in [3.8, 4) is 5.75 Å². The van der Waals surface area contributed by atoms with Crippen LogP contribution in [0.5, 0.6) is 5.75 Å². The van der Waals surface area contributed by atoms with E-state index >= 15 is 0 Å². The van der Waals surface area contributed by atoms with Crippen molar-refractivity contribution in [3.63, 3.8) is 0 Å². The molecule has 0 unspecified atom stereocenters. The highest BCUT2D eigenvalue weighted by Gasteiger charge is 2.38. The van der Waals surface area contributed by atoms with E-state index in [9.17, 15) is 9.59 Å². The van der Waals surface area contributed by atoms with Gasteiger partial charge in [-0.1, -0.05) is 25.5 Å². The van der Waals surface area contributed by atoms with Crippen molar-refractivity contribution in [2.75, 3.05) is 6.61 Å². The van der Waals surface area contributed by atoms with E-state index in [0.29, 0.717) is 25.3 Å². The average molecular weight is 305 g/mol. The fourth-order valence-corrected chi connectivity index (χ4v) is 2.45. The number of amides is 1. The summed E-state index contributed by atoms with van der Waals surface area (Å²) in [5.41, 5.74) is 0.849. The molecule has 1 saturated carbocycles. The first-order valence-electron chi connectivity index (χ1n) is 7.71. The Labute approximate surface area is 130 Å². The Bertz CT molecular complexity index is 520. The predicted molar refractivity (Wildman–Crippen MR) is 82.6 cm³/mol. The lowest BCUT2D eigenvalue weighted by molar-refractivity contribution is -0.137. The van der Waals surface area contributed by atoms with E-state index < -0.39 is 5.97 Å². The van der Waals surface area contributed by atoms with Crippen LogP contribution in [0.15, 0.2) is 24.3 Å². The summed E-state index contributed by atoms with van der Waals surface area (Å²) in [6.45, 7) is 2.92. The van der Waals surface area contributed by atoms with Gasteiger partial charge in [-0.25, -0.2) is 0 Å². The standard InChI is InChI=1S/C17H23NO4/c1-17(9-3-10-17)16(21)18-12-13-5-7-14(8-6-13)22-11-2-4-15(19)20/h5-8H,2-4,9-12H2,1H3,(H,18,21)(H,19,20). The summed E-state index contributed by atoms with van der Waals surface area (Å²) in [5.74, 6) is 0.0361. The molecular formula is C17H23NO4. The van der Waals surface area contributed by atoms with Crippen LogP contribution in [0.2, 0.25) is 0 Å². The number of nitrogens with one attached hydrogen (secondary N) is 1. The number of ether oxygens (including phenoxy) is 1. The Morgan fingerprint density at radius 3 is 2.50 bits per heavy atom. The molecule has 2 N–H and O–H groups in total. The molecule has 1 amide bonds. The lowest BCUT2D eigenvalue weighted by Gasteiger charge is -2.36. The molecule has 0 aliphatic heterocycles. The monoisotopic (exact) mass is 305 g/mol. The molecule has 0 bridgehead atoms. The Kier molecular flexibility index (Phi) is 5.41. The highest BCUT2D eigenvalue weighted by atomic mass is 16.5. The zero-order valence-electron chi connectivity index (χ0n) is 12.9. The van der Waals surface area contributed by atoms with Gasteiger partial charge >= 0.3 is 5.97 Å². The summed E-state index contributed by atoms with van der Waals surface area (Å²) in [5, 5.41) is 11.5. The number of carbonyl (C=O) groups is 2. The van der Waals surface area contributed by atoms with Crippen LogP contribution in [0.1, 0.15) is 44.6 Å². The number of carbonyl (C=O) groups excluding carboxylic acids is 1. The molecule has 22 heavy (non-hydrogen) atoms. The Balaban J connectivity index is 1.72. The topological polar surface area (TPSA) is 75.6 Å². The quantitative estimate of drug-likeness (QED) is 0.724. The average Bonchev–Trinajstić information content (AvgIpc) is 2.47. The van der Waals surface area contributed by atoms with Gasteiger partial charge in [0.25, 0.3) is 0 Å². The van der Waals surface area contributed by atoms with Crippen LogP contribution in [0.4, 0.5) is 0 Å². The van der Waals surface area contributed by atoms with Gasteiger partial charge in [-0.05, 0) is 37.0 Å². The normalized spacial score (nSPS) is 15.7. The van der Waals surface area contributed by atoms with Gasteiger partial charge in [-0.15, -0.1) is 0 Å². The summed E-state index contributed by atoms with van der Waals surface area (Å²) in [6.07, 6.45) is 3.69. The molecule has 1 aliphatic carbocycles. The first-order valence-corrected chi connectivity index (χ1v) is 7.71. The number of aliphatic carboxylic acids is 1. The summed E-state index contributed by atoms with van der Waals surface area (Å²) < 4.78 is 5.47. The molecule has 0 heterocycles. The Morgan fingerprint density at radius 1 is 1.27 bits per heavy atom. The lowest BCUT2D eigenvalue weighted by Crippen LogP contribution is -2.43. The van der Waals surface area contributed by atoms with Crippen molar-refractivity contribution >= 4 is 11.9 Å². The van der Waals surface area contributed by atoms with E-state index in [2.05, 4.69) is 5.32 Å². The van der Waals surface area contributed by atoms with Gasteiger partial charge in [0.15, 0.2) is 0 Å². The van der Waals surface area contributed by atoms with E-state index in [-0.39, 0.29) is 17.7 Å². The molecule has 120 valence electrons. The number of carboxylic acid groups (broad SMARTS) is 1. The minimum atomic E-state index is -0.810. The van der Waals surface area contributed by atoms with Crippen molar-refractivity contribution in [3.05, 3.63) is 29.8 Å². The van der Waals surface area contributed by atoms with E-state index in [1.54, 1.807) is 0 Å². The predicted octanol–water partition coefficient (Wildman–Crippen LogP) is 2.74. The van der Waals surface area contributed by atoms with Crippen molar-refractivity contribution in [1.29, 1.82) is 0 Å². The number of benzene rings is 1. The molecule has 0 radical (unpaired) electrons. The van der Waals surface area contributed by atoms with Gasteiger partial charge in [-0.2, -0.15) is 0 Å². The van der Waals surface area contributed by atoms with Gasteiger partial charge in [0, 0.05) is 18.4 Å². The maximum absolute atomic E-state index is 12.0. The molecule has 0 atom stereocenters. The first-order chi connectivity index (χ1) is 10.5. The molecule has 1 fully saturated rings. The fraction of sp³-hybridized carbons (Fsp3) is 0.529. The van der Waals surface area contributed by atoms with Crippen LogP contribution in [0, 0.1) is 5.41 Å². The lowest BCUT2D eigenvalue weighted by atomic mass is 9.70. The summed E-state index contributed by atoms with van der Waals surface area (Å²) in [4.78, 5) is 22.4. The van der Waals surface area contributed by atoms with Crippen LogP contribution in [0.3, 0.4) is 0 Å². The van der Waals surface area contributed by atoms with Gasteiger partial charge in [0.05, 0.1) is 6.61 Å². The minimum Gasteiger partial charge on any atom is -0.494 e. The maximum Gasteiger partial charge on any atom is 0.303 e. The minimum absolute atomic E-state index is 0.114. The van der Waals surface area contributed by atoms with E-state index in [1.807, 2.05) is 31.2 Å². The second kappa shape index (κ2) is 7.29. The molecule has 1 aromatic rings. The van der Waals surface area contributed by atoms with Gasteiger partial charge in [-0.3, -0.25) is 9.59 Å². The molecule has 5 nitrogen and oxygen atoms in total. The highest BCUT2D eigenvalue weighted by molar-refractivity contribution is 5.83. The first kappa shape index (κ1) is 16.3. The molecule has 1 aliphatic rings. The molecule has 0 saturated heterocycles. The molecule has 0 spiro atoms. The second-order valence-electron chi connectivity index (χ2n) is 6.09. The molecule has 2 rings (SSSR count). The van der Waals surface area contributed by atoms with E-state index in [1.165, 1.54) is 0 Å². The number of hydrogen-bond acceptors (Lipinski definition) is 3. The van der Waals surface area contributed by atoms with E-state index in [4.69, 9.17) is 9.84 Å². The number of hydrogen-bond donors (Lipinski definition) is 2. The molecule has 1 aromatic carbocycles. The van der Waals surface area contributed by atoms with Gasteiger partial charge in [0.1, 0.15) is 5.75 Å². The zero-order chi connectivity index (χ0) is 16.0. The Morgan fingerprint density at radius 2 is 1.95 bits per heavy atom. The van der Waals surface area contributed by atoms with Crippen molar-refractivity contribution in [1.82, 2.24) is 5.32 Å². The van der Waals surface area contributed by atoms with Gasteiger partial charge < -0.3 is 15.2 Å². The van der Waals surface area contributed by atoms with Crippen LogP contribution in [-0.4, -0.2) is 23.6 Å². The third kappa shape index (κ3) is 4.48. The smallest absolute Gasteiger partial charge is 0.303 e. The van der Waals surface area contributed by atoms with Crippen molar-refractivity contribution < 1.29 is 19.4 Å². The van der Waals surface area contributed by atoms with Crippen molar-refractivity contribution in [2.24, 2.45) is 5.41 Å². The van der Waals surface area contributed by atoms with Gasteiger partial charge in [0.2, 0.25) is 5.91 Å². The largest absolute Gasteiger partial charge is 0.494 e. The third-order valence-corrected chi connectivity index (χ3v) is 4.19. The highest BCUT2D eigenvalue weighted by Crippen LogP contribution is 2.40. The molecule has 0 aromatic heterocycles. The van der Waals surface area contributed by atoms with E-state index in [0.717, 1.165) is 24.8 Å². The van der Waals surface area contributed by atoms with Crippen LogP contribution >= 0.6 is 0 Å².